The van der Waals surface area contributed by atoms with Gasteiger partial charge in [-0.2, -0.15) is 0 Å². The average Bonchev–Trinajstić information content (AvgIpc) is 3.14. The van der Waals surface area contributed by atoms with Gasteiger partial charge in [0.2, 0.25) is 0 Å². The lowest BCUT2D eigenvalue weighted by Crippen LogP contribution is -2.37. The molecule has 144 valence electrons. The molecule has 1 aliphatic heterocycles. The highest BCUT2D eigenvalue weighted by molar-refractivity contribution is 8.19. The van der Waals surface area contributed by atoms with Crippen molar-refractivity contribution in [3.8, 4) is 11.4 Å². The van der Waals surface area contributed by atoms with Gasteiger partial charge in [-0.15, -0.1) is 0 Å². The van der Waals surface area contributed by atoms with E-state index in [1.54, 1.807) is 0 Å². The lowest BCUT2D eigenvalue weighted by atomic mass is 10.1. The van der Waals surface area contributed by atoms with Crippen molar-refractivity contribution in [1.82, 2.24) is 15.0 Å². The van der Waals surface area contributed by atoms with Gasteiger partial charge < -0.3 is 23.7 Å². The van der Waals surface area contributed by atoms with Crippen LogP contribution in [0, 0.1) is 0 Å². The summed E-state index contributed by atoms with van der Waals surface area (Å²) < 4.78 is 29.6. The van der Waals surface area contributed by atoms with Gasteiger partial charge in [-0.25, -0.2) is 9.97 Å². The standard InChI is InChI=1S/C18H22N4O4S/c1-27(23,24)26-12-15-11-17(22-6-8-25-9-7-22)21-18(20-15)14-2-3-16-13(10-14)4-5-19-16/h2-5,10-11,19,23-24H,6-9,12H2,1H3. The minimum Gasteiger partial charge on any atom is -0.378 e. The van der Waals surface area contributed by atoms with Gasteiger partial charge in [-0.3, -0.25) is 4.18 Å². The molecule has 0 aliphatic carbocycles. The summed E-state index contributed by atoms with van der Waals surface area (Å²) >= 11 is 0. The second-order valence-corrected chi connectivity index (χ2v) is 8.21. The molecule has 3 heterocycles. The summed E-state index contributed by atoms with van der Waals surface area (Å²) in [4.78, 5) is 14.6. The summed E-state index contributed by atoms with van der Waals surface area (Å²) in [6.45, 7) is 2.79. The first-order valence-corrected chi connectivity index (χ1v) is 10.5. The quantitative estimate of drug-likeness (QED) is 0.614. The van der Waals surface area contributed by atoms with Gasteiger partial charge in [-0.05, 0) is 24.3 Å². The normalized spacial score (nSPS) is 16.0. The van der Waals surface area contributed by atoms with Crippen molar-refractivity contribution in [3.05, 3.63) is 42.2 Å². The number of aromatic amines is 1. The molecule has 0 unspecified atom stereocenters. The Morgan fingerprint density at radius 1 is 1.19 bits per heavy atom. The molecule has 4 rings (SSSR count). The molecule has 0 saturated carbocycles. The number of hydrogen-bond donors (Lipinski definition) is 3. The smallest absolute Gasteiger partial charge is 0.161 e. The molecule has 1 aliphatic rings. The summed E-state index contributed by atoms with van der Waals surface area (Å²) in [7, 11) is -3.06. The maximum absolute atomic E-state index is 9.52. The average molecular weight is 390 g/mol. The SMILES string of the molecule is CS(O)(O)OCc1cc(N2CCOCC2)nc(-c2ccc3[nH]ccc3c2)n1. The number of ether oxygens (including phenoxy) is 1. The molecule has 27 heavy (non-hydrogen) atoms. The Labute approximate surface area is 158 Å². The molecule has 1 aromatic carbocycles. The topological polar surface area (TPSA) is 104 Å². The molecule has 0 spiro atoms. The molecule has 2 aromatic heterocycles. The van der Waals surface area contributed by atoms with Gasteiger partial charge in [0.25, 0.3) is 0 Å². The van der Waals surface area contributed by atoms with Crippen molar-refractivity contribution < 1.29 is 18.0 Å². The second kappa shape index (κ2) is 7.45. The van der Waals surface area contributed by atoms with E-state index in [1.165, 1.54) is 6.26 Å². The summed E-state index contributed by atoms with van der Waals surface area (Å²) in [6, 6.07) is 9.82. The Morgan fingerprint density at radius 2 is 2.00 bits per heavy atom. The largest absolute Gasteiger partial charge is 0.378 e. The number of nitrogens with one attached hydrogen (secondary N) is 1. The van der Waals surface area contributed by atoms with Gasteiger partial charge in [0.15, 0.2) is 5.82 Å². The molecule has 1 saturated heterocycles. The third-order valence-electron chi connectivity index (χ3n) is 4.34. The molecule has 0 bridgehead atoms. The second-order valence-electron chi connectivity index (χ2n) is 6.44. The number of benzene rings is 1. The van der Waals surface area contributed by atoms with Crippen LogP contribution in [0.4, 0.5) is 5.82 Å². The van der Waals surface area contributed by atoms with Crippen molar-refractivity contribution in [3.63, 3.8) is 0 Å². The number of H-pyrrole nitrogens is 1. The van der Waals surface area contributed by atoms with Crippen molar-refractivity contribution >= 4 is 27.6 Å². The molecule has 0 radical (unpaired) electrons. The Morgan fingerprint density at radius 3 is 2.78 bits per heavy atom. The minimum atomic E-state index is -3.06. The van der Waals surface area contributed by atoms with Crippen LogP contribution in [-0.4, -0.2) is 56.6 Å². The number of hydrogen-bond acceptors (Lipinski definition) is 7. The van der Waals surface area contributed by atoms with Gasteiger partial charge in [0, 0.05) is 48.1 Å². The third-order valence-corrected chi connectivity index (χ3v) is 4.91. The molecular formula is C18H22N4O4S. The molecular weight excluding hydrogens is 368 g/mol. The van der Waals surface area contributed by atoms with Crippen LogP contribution in [0.1, 0.15) is 5.69 Å². The van der Waals surface area contributed by atoms with E-state index in [9.17, 15) is 9.11 Å². The number of anilines is 1. The lowest BCUT2D eigenvalue weighted by Gasteiger charge is -2.28. The number of fused-ring (bicyclic) bond motifs is 1. The first kappa shape index (κ1) is 18.2. The van der Waals surface area contributed by atoms with Crippen LogP contribution in [0.5, 0.6) is 0 Å². The minimum absolute atomic E-state index is 0.00189. The van der Waals surface area contributed by atoms with Crippen LogP contribution in [0.2, 0.25) is 0 Å². The molecule has 1 fully saturated rings. The van der Waals surface area contributed by atoms with Crippen LogP contribution >= 0.6 is 10.9 Å². The fraction of sp³-hybridized carbons (Fsp3) is 0.333. The van der Waals surface area contributed by atoms with E-state index in [0.717, 1.165) is 35.4 Å². The van der Waals surface area contributed by atoms with Crippen LogP contribution in [0.3, 0.4) is 0 Å². The molecule has 3 N–H and O–H groups in total. The van der Waals surface area contributed by atoms with Gasteiger partial charge in [0.05, 0.1) is 29.8 Å². The zero-order valence-electron chi connectivity index (χ0n) is 15.0. The maximum atomic E-state index is 9.52. The summed E-state index contributed by atoms with van der Waals surface area (Å²) in [6.07, 6.45) is 3.14. The zero-order valence-corrected chi connectivity index (χ0v) is 15.8. The molecule has 8 nitrogen and oxygen atoms in total. The van der Waals surface area contributed by atoms with Crippen LogP contribution < -0.4 is 4.90 Å². The highest BCUT2D eigenvalue weighted by Crippen LogP contribution is 2.36. The highest BCUT2D eigenvalue weighted by atomic mass is 32.3. The molecule has 9 heteroatoms. The maximum Gasteiger partial charge on any atom is 0.161 e. The zero-order chi connectivity index (χ0) is 18.9. The van der Waals surface area contributed by atoms with E-state index in [0.29, 0.717) is 24.7 Å². The summed E-state index contributed by atoms with van der Waals surface area (Å²) in [5.74, 6) is 1.36. The fourth-order valence-corrected chi connectivity index (χ4v) is 3.35. The number of nitrogens with zero attached hydrogens (tertiary/aromatic N) is 3. The van der Waals surface area contributed by atoms with E-state index in [-0.39, 0.29) is 6.61 Å². The predicted molar refractivity (Wildman–Crippen MR) is 106 cm³/mol. The van der Waals surface area contributed by atoms with Crippen molar-refractivity contribution in [2.45, 2.75) is 6.61 Å². The Hall–Kier alpha value is -2.17. The number of aromatic nitrogens is 3. The van der Waals surface area contributed by atoms with Crippen LogP contribution in [-0.2, 0) is 15.5 Å². The van der Waals surface area contributed by atoms with Gasteiger partial charge in [-0.1, -0.05) is 0 Å². The summed E-state index contributed by atoms with van der Waals surface area (Å²) in [5, 5.41) is 1.08. The van der Waals surface area contributed by atoms with E-state index in [1.807, 2.05) is 36.5 Å². The molecule has 0 amide bonds. The number of rotatable bonds is 5. The van der Waals surface area contributed by atoms with E-state index >= 15 is 0 Å². The van der Waals surface area contributed by atoms with Gasteiger partial charge >= 0.3 is 0 Å². The van der Waals surface area contributed by atoms with Crippen molar-refractivity contribution in [2.75, 3.05) is 37.5 Å². The Bertz CT molecular complexity index is 935. The number of morpholine rings is 1. The third kappa shape index (κ3) is 4.40. The predicted octanol–water partition coefficient (Wildman–Crippen LogP) is 3.27. The lowest BCUT2D eigenvalue weighted by molar-refractivity contribution is 0.122. The van der Waals surface area contributed by atoms with Crippen molar-refractivity contribution in [2.24, 2.45) is 0 Å². The molecule has 3 aromatic rings. The van der Waals surface area contributed by atoms with E-state index in [2.05, 4.69) is 14.9 Å². The summed E-state index contributed by atoms with van der Waals surface area (Å²) in [5.41, 5.74) is 2.53. The molecule has 0 atom stereocenters. The monoisotopic (exact) mass is 390 g/mol. The fourth-order valence-electron chi connectivity index (χ4n) is 3.00. The highest BCUT2D eigenvalue weighted by Gasteiger charge is 2.17. The van der Waals surface area contributed by atoms with E-state index in [4.69, 9.17) is 13.9 Å². The van der Waals surface area contributed by atoms with Gasteiger partial charge in [0.1, 0.15) is 12.4 Å². The Balaban J connectivity index is 1.71. The first-order chi connectivity index (χ1) is 13.0. The van der Waals surface area contributed by atoms with Crippen molar-refractivity contribution in [1.29, 1.82) is 0 Å². The van der Waals surface area contributed by atoms with E-state index < -0.39 is 10.9 Å². The van der Waals surface area contributed by atoms with Crippen LogP contribution in [0.15, 0.2) is 36.5 Å². The van der Waals surface area contributed by atoms with Crippen LogP contribution in [0.25, 0.3) is 22.3 Å². The first-order valence-electron chi connectivity index (χ1n) is 8.64. The Kier molecular flexibility index (Phi) is 5.02.